The topological polar surface area (TPSA) is 78.7 Å². The van der Waals surface area contributed by atoms with Crippen LogP contribution in [0.15, 0.2) is 30.3 Å². The molecule has 25 heavy (non-hydrogen) atoms. The first kappa shape index (κ1) is 17.7. The number of urea groups is 1. The molecule has 0 aliphatic carbocycles. The van der Waals surface area contributed by atoms with E-state index in [1.54, 1.807) is 0 Å². The van der Waals surface area contributed by atoms with Gasteiger partial charge >= 0.3 is 6.03 Å². The molecule has 0 aromatic heterocycles. The molecule has 3 N–H and O–H groups in total. The number of nitrogens with zero attached hydrogens (tertiary/aromatic N) is 2. The van der Waals surface area contributed by atoms with Gasteiger partial charge in [0.25, 0.3) is 0 Å². The molecule has 6 heteroatoms. The summed E-state index contributed by atoms with van der Waals surface area (Å²) in [7, 11) is 0. The summed E-state index contributed by atoms with van der Waals surface area (Å²) in [6.45, 7) is 5.30. The van der Waals surface area contributed by atoms with Crippen molar-refractivity contribution >= 4 is 11.9 Å². The molecule has 1 aromatic rings. The summed E-state index contributed by atoms with van der Waals surface area (Å²) >= 11 is 0. The van der Waals surface area contributed by atoms with E-state index in [4.69, 9.17) is 5.73 Å². The second kappa shape index (κ2) is 7.87. The second-order valence-corrected chi connectivity index (χ2v) is 7.18. The van der Waals surface area contributed by atoms with Crippen LogP contribution in [0.4, 0.5) is 4.79 Å². The highest BCUT2D eigenvalue weighted by Crippen LogP contribution is 2.24. The maximum Gasteiger partial charge on any atom is 0.317 e. The molecule has 2 heterocycles. The average molecular weight is 344 g/mol. The average Bonchev–Trinajstić information content (AvgIpc) is 3.10. The number of nitrogens with two attached hydrogens (primary N) is 1. The zero-order chi connectivity index (χ0) is 17.8. The number of benzene rings is 1. The molecule has 2 unspecified atom stereocenters. The first-order valence-corrected chi connectivity index (χ1v) is 9.18. The molecule has 0 spiro atoms. The van der Waals surface area contributed by atoms with E-state index in [9.17, 15) is 9.59 Å². The molecular formula is C19H28N4O2. The molecule has 0 saturated carbocycles. The zero-order valence-electron chi connectivity index (χ0n) is 14.9. The maximum absolute atomic E-state index is 12.5. The Balaban J connectivity index is 1.47. The molecule has 136 valence electrons. The summed E-state index contributed by atoms with van der Waals surface area (Å²) < 4.78 is 0. The Morgan fingerprint density at radius 3 is 2.44 bits per heavy atom. The molecule has 3 amide bonds. The molecule has 6 nitrogen and oxygen atoms in total. The van der Waals surface area contributed by atoms with Crippen LogP contribution in [0.3, 0.4) is 0 Å². The fourth-order valence-corrected chi connectivity index (χ4v) is 3.83. The van der Waals surface area contributed by atoms with Crippen LogP contribution in [-0.4, -0.2) is 54.0 Å². The number of carbonyl (C=O) groups is 2. The van der Waals surface area contributed by atoms with Gasteiger partial charge in [0.15, 0.2) is 0 Å². The lowest BCUT2D eigenvalue weighted by Crippen LogP contribution is -2.49. The van der Waals surface area contributed by atoms with Crippen molar-refractivity contribution in [3.05, 3.63) is 35.9 Å². The summed E-state index contributed by atoms with van der Waals surface area (Å²) in [5.74, 6) is -0.334. The molecule has 1 aromatic carbocycles. The third-order valence-electron chi connectivity index (χ3n) is 5.56. The quantitative estimate of drug-likeness (QED) is 0.873. The highest BCUT2D eigenvalue weighted by molar-refractivity contribution is 5.78. The van der Waals surface area contributed by atoms with Crippen LogP contribution in [0.25, 0.3) is 0 Å². The number of amides is 3. The summed E-state index contributed by atoms with van der Waals surface area (Å²) in [5.41, 5.74) is 6.66. The molecule has 2 saturated heterocycles. The summed E-state index contributed by atoms with van der Waals surface area (Å²) in [6, 6.07) is 11.0. The van der Waals surface area contributed by atoms with E-state index in [0.717, 1.165) is 19.5 Å². The lowest BCUT2D eigenvalue weighted by molar-refractivity contribution is -0.123. The van der Waals surface area contributed by atoms with Crippen molar-refractivity contribution in [3.63, 3.8) is 0 Å². The maximum atomic E-state index is 12.5. The molecule has 2 atom stereocenters. The number of rotatable bonds is 4. The van der Waals surface area contributed by atoms with Crippen molar-refractivity contribution in [2.45, 2.75) is 38.3 Å². The Morgan fingerprint density at radius 1 is 1.12 bits per heavy atom. The van der Waals surface area contributed by atoms with E-state index in [1.807, 2.05) is 11.0 Å². The highest BCUT2D eigenvalue weighted by atomic mass is 16.2. The van der Waals surface area contributed by atoms with Gasteiger partial charge in [-0.1, -0.05) is 30.3 Å². The number of piperidine rings is 1. The first-order valence-electron chi connectivity index (χ1n) is 9.18. The number of nitrogens with one attached hydrogen (secondary N) is 1. The fourth-order valence-electron chi connectivity index (χ4n) is 3.83. The van der Waals surface area contributed by atoms with Crippen molar-refractivity contribution in [1.29, 1.82) is 0 Å². The van der Waals surface area contributed by atoms with E-state index < -0.39 is 0 Å². The van der Waals surface area contributed by atoms with Gasteiger partial charge in [0.05, 0.1) is 0 Å². The lowest BCUT2D eigenvalue weighted by atomic mass is 9.96. The summed E-state index contributed by atoms with van der Waals surface area (Å²) in [4.78, 5) is 27.9. The van der Waals surface area contributed by atoms with Crippen LogP contribution in [0, 0.1) is 5.92 Å². The predicted molar refractivity (Wildman–Crippen MR) is 96.9 cm³/mol. The number of hydrogen-bond acceptors (Lipinski definition) is 3. The molecular weight excluding hydrogens is 316 g/mol. The minimum atomic E-state index is -0.249. The number of carbonyl (C=O) groups excluding carboxylic acids is 2. The molecule has 2 aliphatic rings. The number of hydrogen-bond donors (Lipinski definition) is 2. The van der Waals surface area contributed by atoms with Gasteiger partial charge in [-0.2, -0.15) is 0 Å². The van der Waals surface area contributed by atoms with E-state index >= 15 is 0 Å². The molecule has 2 aliphatic heterocycles. The third-order valence-corrected chi connectivity index (χ3v) is 5.56. The Labute approximate surface area is 149 Å². The smallest absolute Gasteiger partial charge is 0.317 e. The van der Waals surface area contributed by atoms with Crippen LogP contribution in [0.5, 0.6) is 0 Å². The Bertz CT molecular complexity index is 599. The second-order valence-electron chi connectivity index (χ2n) is 7.18. The SMILES string of the molecule is CC(c1ccccc1)N1CCC(NC(=O)N2CCC(C(N)=O)CC2)C1. The van der Waals surface area contributed by atoms with Gasteiger partial charge < -0.3 is 16.0 Å². The Morgan fingerprint density at radius 2 is 1.80 bits per heavy atom. The van der Waals surface area contributed by atoms with Crippen molar-refractivity contribution < 1.29 is 9.59 Å². The normalized spacial score (nSPS) is 23.4. The number of likely N-dealkylation sites (tertiary alicyclic amines) is 2. The Kier molecular flexibility index (Phi) is 5.58. The minimum Gasteiger partial charge on any atom is -0.369 e. The zero-order valence-corrected chi connectivity index (χ0v) is 14.9. The van der Waals surface area contributed by atoms with Crippen LogP contribution in [0.2, 0.25) is 0 Å². The van der Waals surface area contributed by atoms with E-state index in [0.29, 0.717) is 32.0 Å². The van der Waals surface area contributed by atoms with Crippen LogP contribution in [-0.2, 0) is 4.79 Å². The van der Waals surface area contributed by atoms with Gasteiger partial charge in [0.1, 0.15) is 0 Å². The highest BCUT2D eigenvalue weighted by Gasteiger charge is 2.30. The van der Waals surface area contributed by atoms with Gasteiger partial charge in [0, 0.05) is 44.2 Å². The number of primary amides is 1. The minimum absolute atomic E-state index is 0.0119. The lowest BCUT2D eigenvalue weighted by Gasteiger charge is -2.31. The van der Waals surface area contributed by atoms with E-state index in [1.165, 1.54) is 5.56 Å². The van der Waals surface area contributed by atoms with Gasteiger partial charge in [-0.3, -0.25) is 9.69 Å². The van der Waals surface area contributed by atoms with Gasteiger partial charge in [-0.15, -0.1) is 0 Å². The molecule has 3 rings (SSSR count). The first-order chi connectivity index (χ1) is 12.0. The van der Waals surface area contributed by atoms with Crippen molar-refractivity contribution in [3.8, 4) is 0 Å². The van der Waals surface area contributed by atoms with Crippen LogP contribution < -0.4 is 11.1 Å². The fraction of sp³-hybridized carbons (Fsp3) is 0.579. The summed E-state index contributed by atoms with van der Waals surface area (Å²) in [6.07, 6.45) is 2.32. The van der Waals surface area contributed by atoms with Gasteiger partial charge in [-0.05, 0) is 31.7 Å². The van der Waals surface area contributed by atoms with E-state index in [2.05, 4.69) is 41.4 Å². The molecule has 0 radical (unpaired) electrons. The van der Waals surface area contributed by atoms with Crippen LogP contribution >= 0.6 is 0 Å². The Hall–Kier alpha value is -2.08. The summed E-state index contributed by atoms with van der Waals surface area (Å²) in [5, 5.41) is 3.16. The largest absolute Gasteiger partial charge is 0.369 e. The van der Waals surface area contributed by atoms with Crippen LogP contribution in [0.1, 0.15) is 37.8 Å². The third kappa shape index (κ3) is 4.31. The van der Waals surface area contributed by atoms with Gasteiger partial charge in [-0.25, -0.2) is 4.79 Å². The van der Waals surface area contributed by atoms with E-state index in [-0.39, 0.29) is 23.9 Å². The van der Waals surface area contributed by atoms with Crippen molar-refractivity contribution in [2.75, 3.05) is 26.2 Å². The van der Waals surface area contributed by atoms with Gasteiger partial charge in [0.2, 0.25) is 5.91 Å². The predicted octanol–water partition coefficient (Wildman–Crippen LogP) is 1.73. The van der Waals surface area contributed by atoms with Crippen molar-refractivity contribution in [1.82, 2.24) is 15.1 Å². The standard InChI is InChI=1S/C19H28N4O2/c1-14(15-5-3-2-4-6-15)23-12-9-17(13-23)21-19(25)22-10-7-16(8-11-22)18(20)24/h2-6,14,16-17H,7-13H2,1H3,(H2,20,24)(H,21,25). The molecule has 0 bridgehead atoms. The van der Waals surface area contributed by atoms with Crippen molar-refractivity contribution in [2.24, 2.45) is 11.7 Å². The monoisotopic (exact) mass is 344 g/mol. The molecule has 2 fully saturated rings.